The molecule has 0 fully saturated rings. The normalized spacial score (nSPS) is 10.8. The largest absolute Gasteiger partial charge is 0.388 e. The Labute approximate surface area is 293 Å². The van der Waals surface area contributed by atoms with Gasteiger partial charge in [0.15, 0.2) is 0 Å². The van der Waals surface area contributed by atoms with Crippen molar-refractivity contribution in [2.24, 2.45) is 26.9 Å². The van der Waals surface area contributed by atoms with Crippen molar-refractivity contribution in [2.45, 2.75) is 11.3 Å². The van der Waals surface area contributed by atoms with E-state index in [2.05, 4.69) is 21.3 Å². The average molecular weight is 715 g/mol. The number of carbonyl (C=O) groups is 4. The molecule has 1 aromatic carbocycles. The van der Waals surface area contributed by atoms with Crippen molar-refractivity contribution in [3.05, 3.63) is 89.8 Å². The van der Waals surface area contributed by atoms with E-state index in [1.54, 1.807) is 77.3 Å². The number of nitrogens with zero attached hydrogens (tertiary/aromatic N) is 3. The highest BCUT2D eigenvalue weighted by Crippen LogP contribution is 2.21. The van der Waals surface area contributed by atoms with Gasteiger partial charge in [-0.25, -0.2) is 0 Å². The van der Waals surface area contributed by atoms with Crippen LogP contribution in [0.25, 0.3) is 6.08 Å². The Balaban J connectivity index is 0.00000625. The van der Waals surface area contributed by atoms with Crippen LogP contribution in [0.2, 0.25) is 0 Å². The van der Waals surface area contributed by atoms with E-state index in [0.29, 0.717) is 34.3 Å². The monoisotopic (exact) mass is 713 g/mol. The zero-order chi connectivity index (χ0) is 34.1. The number of aromatic nitrogens is 3. The van der Waals surface area contributed by atoms with Crippen molar-refractivity contribution in [3.8, 4) is 0 Å². The third kappa shape index (κ3) is 10.3. The van der Waals surface area contributed by atoms with Crippen LogP contribution >= 0.6 is 35.8 Å². The van der Waals surface area contributed by atoms with Crippen molar-refractivity contribution in [2.75, 3.05) is 34.1 Å². The van der Waals surface area contributed by atoms with Crippen LogP contribution in [-0.4, -0.2) is 61.3 Å². The van der Waals surface area contributed by atoms with Crippen LogP contribution in [0.3, 0.4) is 0 Å². The third-order valence-corrected chi connectivity index (χ3v) is 8.26. The molecular formula is C32H37Cl2N9O4S. The first-order valence-electron chi connectivity index (χ1n) is 14.4. The first-order valence-corrected chi connectivity index (χ1v) is 16.0. The van der Waals surface area contributed by atoms with Gasteiger partial charge in [-0.15, -0.1) is 35.8 Å². The summed E-state index contributed by atoms with van der Waals surface area (Å²) in [5.41, 5.74) is 8.33. The van der Waals surface area contributed by atoms with E-state index in [-0.39, 0.29) is 48.7 Å². The zero-order valence-corrected chi connectivity index (χ0v) is 28.9. The van der Waals surface area contributed by atoms with E-state index in [1.165, 1.54) is 18.2 Å². The Bertz CT molecular complexity index is 1830. The number of halogens is 2. The number of amides is 4. The van der Waals surface area contributed by atoms with E-state index in [0.717, 1.165) is 16.2 Å². The number of rotatable bonds is 14. The molecule has 4 amide bonds. The Hall–Kier alpha value is -4.92. The lowest BCUT2D eigenvalue weighted by Gasteiger charge is -2.04. The lowest BCUT2D eigenvalue weighted by atomic mass is 10.2. The molecule has 0 aliphatic rings. The number of hydrogen-bond donors (Lipinski definition) is 6. The Morgan fingerprint density at radius 1 is 0.812 bits per heavy atom. The number of nitrogens with one attached hydrogen (secondary N) is 5. The Morgan fingerprint density at radius 2 is 1.29 bits per heavy atom. The van der Waals surface area contributed by atoms with E-state index in [9.17, 15) is 19.2 Å². The molecule has 0 saturated carbocycles. The van der Waals surface area contributed by atoms with Crippen LogP contribution in [0, 0.1) is 5.41 Å². The molecule has 7 N–H and O–H groups in total. The molecule has 254 valence electrons. The quantitative estimate of drug-likeness (QED) is 0.0363. The van der Waals surface area contributed by atoms with Crippen LogP contribution in [-0.2, 0) is 25.9 Å². The van der Waals surface area contributed by atoms with Gasteiger partial charge in [0.25, 0.3) is 17.7 Å². The predicted molar refractivity (Wildman–Crippen MR) is 194 cm³/mol. The molecule has 13 nitrogen and oxygen atoms in total. The number of benzene rings is 1. The summed E-state index contributed by atoms with van der Waals surface area (Å²) in [7, 11) is 5.03. The second-order valence-electron chi connectivity index (χ2n) is 10.5. The second-order valence-corrected chi connectivity index (χ2v) is 12.1. The molecule has 4 rings (SSSR count). The molecule has 0 radical (unpaired) electrons. The molecule has 0 unspecified atom stereocenters. The smallest absolute Gasteiger partial charge is 0.272 e. The maximum absolute atomic E-state index is 13.1. The molecule has 0 atom stereocenters. The average Bonchev–Trinajstić information content (AvgIpc) is 3.70. The van der Waals surface area contributed by atoms with Gasteiger partial charge in [-0.2, -0.15) is 0 Å². The summed E-state index contributed by atoms with van der Waals surface area (Å²) < 4.78 is 4.73. The van der Waals surface area contributed by atoms with Gasteiger partial charge in [-0.3, -0.25) is 24.6 Å². The topological polar surface area (TPSA) is 181 Å². The lowest BCUT2D eigenvalue weighted by molar-refractivity contribution is -0.111. The summed E-state index contributed by atoms with van der Waals surface area (Å²) in [5.74, 6) is -0.213. The summed E-state index contributed by atoms with van der Waals surface area (Å²) in [4.78, 5) is 52.2. The van der Waals surface area contributed by atoms with Gasteiger partial charge in [0.2, 0.25) is 5.91 Å². The lowest BCUT2D eigenvalue weighted by Crippen LogP contribution is -2.28. The first kappa shape index (κ1) is 37.5. The van der Waals surface area contributed by atoms with Crippen molar-refractivity contribution in [3.63, 3.8) is 0 Å². The Kier molecular flexibility index (Phi) is 13.5. The minimum Gasteiger partial charge on any atom is -0.388 e. The fourth-order valence-corrected chi connectivity index (χ4v) is 5.43. The van der Waals surface area contributed by atoms with Crippen molar-refractivity contribution < 1.29 is 19.2 Å². The molecule has 0 bridgehead atoms. The molecular weight excluding hydrogens is 677 g/mol. The Morgan fingerprint density at radius 3 is 1.77 bits per heavy atom. The summed E-state index contributed by atoms with van der Waals surface area (Å²) in [6.07, 6.45) is 8.20. The standard InChI is InChI=1S/C32H36ClN9O4S.ClH/c1-40-18-22(15-25(40)30(44)36-12-10-28(34)35)38-32(46)27-16-23(19-42(27)3)39-31(45)26-14-21(17-41(26)2)37-29(43)9-6-20-4-7-24(8-5-20)47-13-11-33;/h4-9,14-19H,10-13H2,1-3H3,(H3,34,35)(H,36,44)(H,37,43)(H,38,46)(H,39,45);1H/b9-6+;. The molecule has 16 heteroatoms. The fourth-order valence-electron chi connectivity index (χ4n) is 4.55. The zero-order valence-electron chi connectivity index (χ0n) is 26.5. The third-order valence-electron chi connectivity index (χ3n) is 6.83. The summed E-state index contributed by atoms with van der Waals surface area (Å²) >= 11 is 7.40. The van der Waals surface area contributed by atoms with Gasteiger partial charge in [-0.1, -0.05) is 12.1 Å². The van der Waals surface area contributed by atoms with Crippen molar-refractivity contribution in [1.82, 2.24) is 19.0 Å². The van der Waals surface area contributed by atoms with Crippen LogP contribution in [0.1, 0.15) is 43.4 Å². The maximum atomic E-state index is 13.1. The highest BCUT2D eigenvalue weighted by atomic mass is 35.5. The summed E-state index contributed by atoms with van der Waals surface area (Å²) in [6.45, 7) is 0.223. The molecule has 0 spiro atoms. The predicted octanol–water partition coefficient (Wildman–Crippen LogP) is 4.67. The van der Waals surface area contributed by atoms with E-state index < -0.39 is 11.8 Å². The van der Waals surface area contributed by atoms with Gasteiger partial charge in [-0.05, 0) is 42.0 Å². The SMILES string of the molecule is Cl.Cn1cc(NC(=O)c2cc(NC(=O)c3cc(NC(=O)/C=C/c4ccc(SCCCl)cc4)cn3C)cn2C)cc1C(=O)NCCC(=N)N. The van der Waals surface area contributed by atoms with E-state index in [1.807, 2.05) is 24.3 Å². The minimum absolute atomic E-state index is 0. The van der Waals surface area contributed by atoms with Crippen LogP contribution in [0.15, 0.2) is 72.0 Å². The number of carbonyl (C=O) groups excluding carboxylic acids is 4. The number of alkyl halides is 1. The number of nitrogens with two attached hydrogens (primary N) is 1. The second kappa shape index (κ2) is 17.3. The van der Waals surface area contributed by atoms with E-state index >= 15 is 0 Å². The van der Waals surface area contributed by atoms with Gasteiger partial charge < -0.3 is 40.7 Å². The first-order chi connectivity index (χ1) is 22.4. The number of thioether (sulfide) groups is 1. The number of amidine groups is 1. The van der Waals surface area contributed by atoms with Crippen LogP contribution < -0.4 is 27.0 Å². The maximum Gasteiger partial charge on any atom is 0.272 e. The molecule has 0 saturated heterocycles. The fraction of sp³-hybridized carbons (Fsp3) is 0.219. The van der Waals surface area contributed by atoms with Gasteiger partial charge in [0, 0.05) is 75.3 Å². The van der Waals surface area contributed by atoms with Crippen molar-refractivity contribution >= 4 is 88.4 Å². The molecule has 0 aliphatic heterocycles. The highest BCUT2D eigenvalue weighted by Gasteiger charge is 2.19. The minimum atomic E-state index is -0.444. The van der Waals surface area contributed by atoms with E-state index in [4.69, 9.17) is 22.7 Å². The highest BCUT2D eigenvalue weighted by molar-refractivity contribution is 7.99. The van der Waals surface area contributed by atoms with Gasteiger partial charge in [0.05, 0.1) is 22.9 Å². The number of aryl methyl sites for hydroxylation is 3. The summed E-state index contributed by atoms with van der Waals surface area (Å²) in [6, 6.07) is 12.4. The summed E-state index contributed by atoms with van der Waals surface area (Å²) in [5, 5.41) is 18.3. The van der Waals surface area contributed by atoms with Crippen molar-refractivity contribution in [1.29, 1.82) is 5.41 Å². The molecule has 48 heavy (non-hydrogen) atoms. The molecule has 3 aromatic heterocycles. The molecule has 3 heterocycles. The number of hydrogen-bond acceptors (Lipinski definition) is 6. The van der Waals surface area contributed by atoms with Crippen LogP contribution in [0.5, 0.6) is 0 Å². The molecule has 4 aromatic rings. The van der Waals surface area contributed by atoms with Gasteiger partial charge >= 0.3 is 0 Å². The number of anilines is 3. The molecule has 0 aliphatic carbocycles. The van der Waals surface area contributed by atoms with Crippen LogP contribution in [0.4, 0.5) is 17.1 Å². The van der Waals surface area contributed by atoms with Gasteiger partial charge in [0.1, 0.15) is 17.1 Å².